The first-order valence-electron chi connectivity index (χ1n) is 6.42. The molecular weight excluding hydrogens is 311 g/mol. The fourth-order valence-corrected chi connectivity index (χ4v) is 3.80. The zero-order valence-electron chi connectivity index (χ0n) is 11.2. The zero-order chi connectivity index (χ0) is 15.9. The van der Waals surface area contributed by atoms with Crippen LogP contribution in [0.4, 0.5) is 10.1 Å². The quantitative estimate of drug-likeness (QED) is 0.492. The van der Waals surface area contributed by atoms with Crippen molar-refractivity contribution in [2.45, 2.75) is 10.9 Å². The van der Waals surface area contributed by atoms with Crippen molar-refractivity contribution in [2.75, 3.05) is 6.54 Å². The van der Waals surface area contributed by atoms with Gasteiger partial charge in [-0.2, -0.15) is 4.31 Å². The van der Waals surface area contributed by atoms with Crippen molar-refractivity contribution < 1.29 is 17.7 Å². The van der Waals surface area contributed by atoms with Gasteiger partial charge in [-0.15, -0.1) is 0 Å². The summed E-state index contributed by atoms with van der Waals surface area (Å²) in [5.74, 6) is -0.450. The summed E-state index contributed by atoms with van der Waals surface area (Å²) >= 11 is 0. The Hall–Kier alpha value is -2.32. The zero-order valence-corrected chi connectivity index (χ0v) is 12.0. The Morgan fingerprint density at radius 1 is 1.14 bits per heavy atom. The molecule has 0 bridgehead atoms. The molecule has 2 aromatic rings. The molecule has 1 saturated heterocycles. The fraction of sp³-hybridized carbons (Fsp3) is 0.143. The number of benzene rings is 2. The Morgan fingerprint density at radius 3 is 2.36 bits per heavy atom. The van der Waals surface area contributed by atoms with E-state index in [1.807, 2.05) is 0 Å². The van der Waals surface area contributed by atoms with Crippen molar-refractivity contribution in [1.82, 2.24) is 4.31 Å². The summed E-state index contributed by atoms with van der Waals surface area (Å²) in [5, 5.41) is 10.6. The molecule has 3 rings (SSSR count). The molecule has 1 aliphatic heterocycles. The maximum atomic E-state index is 13.7. The van der Waals surface area contributed by atoms with Gasteiger partial charge in [-0.05, 0) is 18.2 Å². The van der Waals surface area contributed by atoms with Crippen molar-refractivity contribution in [3.05, 3.63) is 70.0 Å². The van der Waals surface area contributed by atoms with Crippen LogP contribution >= 0.6 is 0 Å². The molecule has 0 aliphatic carbocycles. The number of sulfonamides is 1. The van der Waals surface area contributed by atoms with Crippen LogP contribution in [-0.2, 0) is 10.0 Å². The average molecular weight is 322 g/mol. The second-order valence-corrected chi connectivity index (χ2v) is 6.75. The van der Waals surface area contributed by atoms with Crippen LogP contribution in [0.2, 0.25) is 0 Å². The van der Waals surface area contributed by atoms with Crippen LogP contribution in [0.1, 0.15) is 11.6 Å². The molecular formula is C14H11FN2O4S. The van der Waals surface area contributed by atoms with E-state index in [2.05, 4.69) is 0 Å². The predicted molar refractivity (Wildman–Crippen MR) is 76.1 cm³/mol. The van der Waals surface area contributed by atoms with Gasteiger partial charge in [0.15, 0.2) is 0 Å². The van der Waals surface area contributed by atoms with Crippen molar-refractivity contribution in [1.29, 1.82) is 0 Å². The van der Waals surface area contributed by atoms with Crippen molar-refractivity contribution in [3.8, 4) is 0 Å². The highest BCUT2D eigenvalue weighted by molar-refractivity contribution is 7.89. The number of hydrogen-bond donors (Lipinski definition) is 0. The standard InChI is InChI=1S/C14H11FN2O4S/c15-13-4-2-1-3-12(13)14-9-16(14)22(20,21)11-7-5-10(6-8-11)17(18)19/h1-8,14H,9H2/t14-,16?/m1/s1. The van der Waals surface area contributed by atoms with Gasteiger partial charge in [-0.25, -0.2) is 12.8 Å². The van der Waals surface area contributed by atoms with Crippen LogP contribution in [0.5, 0.6) is 0 Å². The summed E-state index contributed by atoms with van der Waals surface area (Å²) < 4.78 is 39.7. The van der Waals surface area contributed by atoms with Crippen LogP contribution in [0.3, 0.4) is 0 Å². The maximum Gasteiger partial charge on any atom is 0.269 e. The monoisotopic (exact) mass is 322 g/mol. The first kappa shape index (κ1) is 14.6. The molecule has 1 heterocycles. The van der Waals surface area contributed by atoms with E-state index in [1.165, 1.54) is 24.3 Å². The third-order valence-electron chi connectivity index (χ3n) is 3.49. The molecule has 0 spiro atoms. The van der Waals surface area contributed by atoms with Crippen LogP contribution in [0.25, 0.3) is 0 Å². The third kappa shape index (κ3) is 2.46. The summed E-state index contributed by atoms with van der Waals surface area (Å²) in [5.41, 5.74) is 0.142. The number of nitrogens with zero attached hydrogens (tertiary/aromatic N) is 2. The molecule has 1 unspecified atom stereocenters. The van der Waals surface area contributed by atoms with E-state index in [0.717, 1.165) is 16.4 Å². The van der Waals surface area contributed by atoms with Crippen LogP contribution in [0, 0.1) is 15.9 Å². The van der Waals surface area contributed by atoms with Crippen molar-refractivity contribution >= 4 is 15.7 Å². The molecule has 0 N–H and O–H groups in total. The molecule has 0 radical (unpaired) electrons. The molecule has 2 aromatic carbocycles. The second-order valence-electron chi connectivity index (χ2n) is 4.86. The first-order chi connectivity index (χ1) is 10.4. The fourth-order valence-electron chi connectivity index (χ4n) is 2.26. The molecule has 22 heavy (non-hydrogen) atoms. The summed E-state index contributed by atoms with van der Waals surface area (Å²) in [4.78, 5) is 9.94. The third-order valence-corrected chi connectivity index (χ3v) is 5.37. The highest BCUT2D eigenvalue weighted by atomic mass is 32.2. The summed E-state index contributed by atoms with van der Waals surface area (Å²) in [7, 11) is -3.78. The smallest absolute Gasteiger partial charge is 0.258 e. The van der Waals surface area contributed by atoms with Gasteiger partial charge in [0.2, 0.25) is 10.0 Å². The lowest BCUT2D eigenvalue weighted by atomic mass is 10.1. The molecule has 1 aliphatic rings. The van der Waals surface area contributed by atoms with Gasteiger partial charge in [-0.1, -0.05) is 18.2 Å². The normalized spacial score (nSPS) is 20.6. The minimum atomic E-state index is -3.78. The Labute approximate surface area is 126 Å². The van der Waals surface area contributed by atoms with Crippen molar-refractivity contribution in [2.24, 2.45) is 0 Å². The van der Waals surface area contributed by atoms with E-state index in [1.54, 1.807) is 12.1 Å². The molecule has 0 aromatic heterocycles. The van der Waals surface area contributed by atoms with Crippen LogP contribution in [-0.4, -0.2) is 24.2 Å². The molecule has 0 amide bonds. The van der Waals surface area contributed by atoms with Crippen LogP contribution < -0.4 is 0 Å². The number of non-ortho nitro benzene ring substituents is 1. The van der Waals surface area contributed by atoms with E-state index >= 15 is 0 Å². The van der Waals surface area contributed by atoms with E-state index in [0.29, 0.717) is 5.56 Å². The minimum absolute atomic E-state index is 0.0445. The second kappa shape index (κ2) is 5.15. The Bertz CT molecular complexity index is 836. The van der Waals surface area contributed by atoms with Gasteiger partial charge in [0.05, 0.1) is 15.9 Å². The predicted octanol–water partition coefficient (Wildman–Crippen LogP) is 2.48. The first-order valence-corrected chi connectivity index (χ1v) is 7.86. The Kier molecular flexibility index (Phi) is 3.42. The topological polar surface area (TPSA) is 80.3 Å². The van der Waals surface area contributed by atoms with E-state index in [4.69, 9.17) is 0 Å². The van der Waals surface area contributed by atoms with E-state index in [-0.39, 0.29) is 17.1 Å². The summed E-state index contributed by atoms with van der Waals surface area (Å²) in [6, 6.07) is 10.1. The molecule has 6 nitrogen and oxygen atoms in total. The lowest BCUT2D eigenvalue weighted by molar-refractivity contribution is -0.384. The average Bonchev–Trinajstić information content (AvgIpc) is 3.29. The molecule has 8 heteroatoms. The SMILES string of the molecule is O=[N+]([O-])c1ccc(S(=O)(=O)N2C[C@@H]2c2ccccc2F)cc1. The maximum absolute atomic E-state index is 13.7. The number of nitro benzene ring substituents is 1. The van der Waals surface area contributed by atoms with Gasteiger partial charge in [-0.3, -0.25) is 10.1 Å². The van der Waals surface area contributed by atoms with Gasteiger partial charge >= 0.3 is 0 Å². The van der Waals surface area contributed by atoms with Crippen molar-refractivity contribution in [3.63, 3.8) is 0 Å². The number of rotatable bonds is 4. The van der Waals surface area contributed by atoms with E-state index in [9.17, 15) is 22.9 Å². The Balaban J connectivity index is 1.86. The highest BCUT2D eigenvalue weighted by Gasteiger charge is 2.46. The molecule has 0 saturated carbocycles. The minimum Gasteiger partial charge on any atom is -0.258 e. The highest BCUT2D eigenvalue weighted by Crippen LogP contribution is 2.41. The lowest BCUT2D eigenvalue weighted by Gasteiger charge is -2.07. The largest absolute Gasteiger partial charge is 0.269 e. The number of hydrogen-bond acceptors (Lipinski definition) is 4. The summed E-state index contributed by atoms with van der Waals surface area (Å²) in [6.45, 7) is 0.195. The Morgan fingerprint density at radius 2 is 1.77 bits per heavy atom. The molecule has 2 atom stereocenters. The summed E-state index contributed by atoms with van der Waals surface area (Å²) in [6.07, 6.45) is 0. The number of nitro groups is 1. The van der Waals surface area contributed by atoms with Gasteiger partial charge < -0.3 is 0 Å². The molecule has 1 fully saturated rings. The van der Waals surface area contributed by atoms with Gasteiger partial charge in [0.1, 0.15) is 5.82 Å². The van der Waals surface area contributed by atoms with Gasteiger partial charge in [0.25, 0.3) is 5.69 Å². The lowest BCUT2D eigenvalue weighted by Crippen LogP contribution is -2.13. The van der Waals surface area contributed by atoms with Gasteiger partial charge in [0, 0.05) is 24.2 Å². The van der Waals surface area contributed by atoms with E-state index < -0.39 is 26.8 Å². The molecule has 114 valence electrons. The number of halogens is 1. The van der Waals surface area contributed by atoms with Crippen LogP contribution in [0.15, 0.2) is 53.4 Å².